The second-order valence-corrected chi connectivity index (χ2v) is 5.73. The molecule has 0 radical (unpaired) electrons. The van der Waals surface area contributed by atoms with E-state index in [0.717, 1.165) is 0 Å². The fraction of sp³-hybridized carbons (Fsp3) is 0.158. The Balaban J connectivity index is 1.76. The Labute approximate surface area is 160 Å². The molecule has 0 bridgehead atoms. The number of ether oxygens (including phenoxy) is 2. The molecule has 0 aliphatic carbocycles. The number of pyridine rings is 1. The van der Waals surface area contributed by atoms with Crippen molar-refractivity contribution in [1.82, 2.24) is 10.1 Å². The number of aryl methyl sites for hydroxylation is 1. The number of rotatable bonds is 6. The largest absolute Gasteiger partial charge is 0.497 e. The summed E-state index contributed by atoms with van der Waals surface area (Å²) < 4.78 is 15.3. The van der Waals surface area contributed by atoms with E-state index in [9.17, 15) is 9.59 Å². The molecule has 3 aromatic rings. The van der Waals surface area contributed by atoms with Gasteiger partial charge in [0.2, 0.25) is 0 Å². The molecule has 1 aromatic carbocycles. The van der Waals surface area contributed by atoms with Crippen LogP contribution in [-0.2, 0) is 0 Å². The van der Waals surface area contributed by atoms with Crippen LogP contribution in [0.25, 0.3) is 0 Å². The van der Waals surface area contributed by atoms with E-state index in [-0.39, 0.29) is 17.1 Å². The molecule has 0 aliphatic rings. The summed E-state index contributed by atoms with van der Waals surface area (Å²) in [6.07, 6.45) is 1.38. The fourth-order valence-electron chi connectivity index (χ4n) is 2.40. The molecule has 9 nitrogen and oxygen atoms in total. The minimum absolute atomic E-state index is 0.0648. The maximum atomic E-state index is 12.6. The molecule has 2 N–H and O–H groups in total. The topological polar surface area (TPSA) is 116 Å². The van der Waals surface area contributed by atoms with Gasteiger partial charge in [0, 0.05) is 23.9 Å². The van der Waals surface area contributed by atoms with Gasteiger partial charge in [0.25, 0.3) is 11.8 Å². The van der Waals surface area contributed by atoms with Crippen LogP contribution < -0.4 is 20.1 Å². The maximum Gasteiger partial charge on any atom is 0.275 e. The minimum atomic E-state index is -0.509. The number of anilines is 2. The first-order valence-electron chi connectivity index (χ1n) is 8.24. The molecule has 0 spiro atoms. The molecule has 3 rings (SSSR count). The standard InChI is InChI=1S/C19H18N4O5/c1-11-8-17(23-28-11)22-19(25)15-9-12(6-7-20-15)18(24)21-14-5-4-13(26-2)10-16(14)27-3/h4-10H,1-3H3,(H,21,24)(H,22,23,25). The molecule has 2 amide bonds. The first-order valence-corrected chi connectivity index (χ1v) is 8.24. The first kappa shape index (κ1) is 18.9. The van der Waals surface area contributed by atoms with Gasteiger partial charge in [-0.1, -0.05) is 5.16 Å². The summed E-state index contributed by atoms with van der Waals surface area (Å²) >= 11 is 0. The Morgan fingerprint density at radius 2 is 1.82 bits per heavy atom. The Morgan fingerprint density at radius 3 is 2.50 bits per heavy atom. The molecular weight excluding hydrogens is 364 g/mol. The van der Waals surface area contributed by atoms with Crippen molar-refractivity contribution in [3.63, 3.8) is 0 Å². The van der Waals surface area contributed by atoms with E-state index < -0.39 is 11.8 Å². The van der Waals surface area contributed by atoms with Gasteiger partial charge in [0.15, 0.2) is 5.82 Å². The molecule has 9 heteroatoms. The van der Waals surface area contributed by atoms with Gasteiger partial charge in [-0.25, -0.2) is 0 Å². The number of amides is 2. The third-order valence-corrected chi connectivity index (χ3v) is 3.78. The van der Waals surface area contributed by atoms with Crippen LogP contribution in [0.15, 0.2) is 47.1 Å². The monoisotopic (exact) mass is 382 g/mol. The molecule has 0 fully saturated rings. The highest BCUT2D eigenvalue weighted by Gasteiger charge is 2.15. The predicted octanol–water partition coefficient (Wildman–Crippen LogP) is 2.90. The second kappa shape index (κ2) is 8.21. The highest BCUT2D eigenvalue weighted by Crippen LogP contribution is 2.29. The summed E-state index contributed by atoms with van der Waals surface area (Å²) in [5, 5.41) is 8.99. The van der Waals surface area contributed by atoms with Crippen LogP contribution in [0, 0.1) is 6.92 Å². The van der Waals surface area contributed by atoms with Crippen molar-refractivity contribution in [2.75, 3.05) is 24.9 Å². The molecule has 0 atom stereocenters. The predicted molar refractivity (Wildman–Crippen MR) is 101 cm³/mol. The summed E-state index contributed by atoms with van der Waals surface area (Å²) in [5.74, 6) is 0.941. The number of methoxy groups -OCH3 is 2. The van der Waals surface area contributed by atoms with Crippen LogP contribution in [0.2, 0.25) is 0 Å². The van der Waals surface area contributed by atoms with Crippen LogP contribution in [0.1, 0.15) is 26.6 Å². The highest BCUT2D eigenvalue weighted by molar-refractivity contribution is 6.08. The average Bonchev–Trinajstić information content (AvgIpc) is 3.12. The van der Waals surface area contributed by atoms with Crippen molar-refractivity contribution >= 4 is 23.3 Å². The zero-order valence-corrected chi connectivity index (χ0v) is 15.5. The highest BCUT2D eigenvalue weighted by atomic mass is 16.5. The molecule has 144 valence electrons. The lowest BCUT2D eigenvalue weighted by Crippen LogP contribution is -2.17. The Kier molecular flexibility index (Phi) is 5.54. The number of hydrogen-bond acceptors (Lipinski definition) is 7. The molecule has 0 aliphatic heterocycles. The lowest BCUT2D eigenvalue weighted by molar-refractivity contribution is 0.102. The van der Waals surface area contributed by atoms with Crippen molar-refractivity contribution in [2.24, 2.45) is 0 Å². The van der Waals surface area contributed by atoms with Crippen LogP contribution in [-0.4, -0.2) is 36.2 Å². The minimum Gasteiger partial charge on any atom is -0.497 e. The van der Waals surface area contributed by atoms with Crippen LogP contribution in [0.5, 0.6) is 11.5 Å². The fourth-order valence-corrected chi connectivity index (χ4v) is 2.40. The third kappa shape index (κ3) is 4.26. The van der Waals surface area contributed by atoms with Crippen molar-refractivity contribution < 1.29 is 23.6 Å². The number of aromatic nitrogens is 2. The average molecular weight is 382 g/mol. The number of benzene rings is 1. The Morgan fingerprint density at radius 1 is 1.00 bits per heavy atom. The molecule has 0 unspecified atom stereocenters. The lowest BCUT2D eigenvalue weighted by atomic mass is 10.2. The van der Waals surface area contributed by atoms with Gasteiger partial charge in [-0.2, -0.15) is 0 Å². The first-order chi connectivity index (χ1) is 13.5. The van der Waals surface area contributed by atoms with Crippen LogP contribution >= 0.6 is 0 Å². The summed E-state index contributed by atoms with van der Waals surface area (Å²) in [7, 11) is 3.03. The second-order valence-electron chi connectivity index (χ2n) is 5.73. The summed E-state index contributed by atoms with van der Waals surface area (Å²) in [6.45, 7) is 1.71. The molecule has 28 heavy (non-hydrogen) atoms. The van der Waals surface area contributed by atoms with Gasteiger partial charge >= 0.3 is 0 Å². The Bertz CT molecular complexity index is 1020. The number of carbonyl (C=O) groups is 2. The van der Waals surface area contributed by atoms with Crippen LogP contribution in [0.4, 0.5) is 11.5 Å². The number of carbonyl (C=O) groups excluding carboxylic acids is 2. The van der Waals surface area contributed by atoms with Gasteiger partial charge in [0.05, 0.1) is 19.9 Å². The van der Waals surface area contributed by atoms with Crippen molar-refractivity contribution in [3.05, 3.63) is 59.6 Å². The maximum absolute atomic E-state index is 12.6. The van der Waals surface area contributed by atoms with E-state index in [1.807, 2.05) is 0 Å². The van der Waals surface area contributed by atoms with E-state index in [1.165, 1.54) is 32.5 Å². The summed E-state index contributed by atoms with van der Waals surface area (Å²) in [5.41, 5.74) is 0.790. The molecule has 2 aromatic heterocycles. The van der Waals surface area contributed by atoms with Crippen molar-refractivity contribution in [3.8, 4) is 11.5 Å². The SMILES string of the molecule is COc1ccc(NC(=O)c2ccnc(C(=O)Nc3cc(C)on3)c2)c(OC)c1. The molecular formula is C19H18N4O5. The van der Waals surface area contributed by atoms with Crippen molar-refractivity contribution in [1.29, 1.82) is 0 Å². The zero-order valence-electron chi connectivity index (χ0n) is 15.5. The van der Waals surface area contributed by atoms with E-state index in [0.29, 0.717) is 22.9 Å². The van der Waals surface area contributed by atoms with E-state index in [4.69, 9.17) is 14.0 Å². The van der Waals surface area contributed by atoms with E-state index in [1.54, 1.807) is 31.2 Å². The third-order valence-electron chi connectivity index (χ3n) is 3.78. The number of hydrogen-bond donors (Lipinski definition) is 2. The quantitative estimate of drug-likeness (QED) is 0.673. The molecule has 0 saturated heterocycles. The zero-order chi connectivity index (χ0) is 20.1. The Hall–Kier alpha value is -3.88. The normalized spacial score (nSPS) is 10.2. The summed E-state index contributed by atoms with van der Waals surface area (Å²) in [4.78, 5) is 28.9. The van der Waals surface area contributed by atoms with Gasteiger partial charge in [-0.3, -0.25) is 14.6 Å². The summed E-state index contributed by atoms with van der Waals surface area (Å²) in [6, 6.07) is 9.47. The van der Waals surface area contributed by atoms with Crippen LogP contribution in [0.3, 0.4) is 0 Å². The van der Waals surface area contributed by atoms with Gasteiger partial charge in [0.1, 0.15) is 23.0 Å². The van der Waals surface area contributed by atoms with E-state index >= 15 is 0 Å². The smallest absolute Gasteiger partial charge is 0.275 e. The number of nitrogens with one attached hydrogen (secondary N) is 2. The molecule has 0 saturated carbocycles. The molecule has 2 heterocycles. The van der Waals surface area contributed by atoms with Gasteiger partial charge in [-0.05, 0) is 31.2 Å². The lowest BCUT2D eigenvalue weighted by Gasteiger charge is -2.12. The number of nitrogens with zero attached hydrogens (tertiary/aromatic N) is 2. The van der Waals surface area contributed by atoms with Gasteiger partial charge < -0.3 is 24.6 Å². The van der Waals surface area contributed by atoms with Gasteiger partial charge in [-0.15, -0.1) is 0 Å². The van der Waals surface area contributed by atoms with E-state index in [2.05, 4.69) is 20.8 Å². The van der Waals surface area contributed by atoms with Crippen molar-refractivity contribution in [2.45, 2.75) is 6.92 Å².